The minimum Gasteiger partial charge on any atom is -0.379 e. The van der Waals surface area contributed by atoms with Crippen LogP contribution in [0.4, 0.5) is 0 Å². The lowest BCUT2D eigenvalue weighted by Gasteiger charge is -2.31. The van der Waals surface area contributed by atoms with E-state index in [1.807, 2.05) is 0 Å². The van der Waals surface area contributed by atoms with Crippen LogP contribution in [-0.4, -0.2) is 37.4 Å². The first-order chi connectivity index (χ1) is 5.38. The Hall–Kier alpha value is -0.160. The summed E-state index contributed by atoms with van der Waals surface area (Å²) in [7, 11) is 0. The molecule has 1 fully saturated rings. The van der Waals surface area contributed by atoms with Crippen LogP contribution in [-0.2, 0) is 9.57 Å². The summed E-state index contributed by atoms with van der Waals surface area (Å²) >= 11 is 0. The van der Waals surface area contributed by atoms with E-state index in [-0.39, 0.29) is 6.23 Å². The van der Waals surface area contributed by atoms with E-state index in [0.29, 0.717) is 0 Å². The molecule has 4 nitrogen and oxygen atoms in total. The molecule has 0 bridgehead atoms. The van der Waals surface area contributed by atoms with Gasteiger partial charge in [0.05, 0.1) is 13.2 Å². The van der Waals surface area contributed by atoms with Crippen molar-refractivity contribution in [3.8, 4) is 0 Å². The van der Waals surface area contributed by atoms with E-state index < -0.39 is 0 Å². The summed E-state index contributed by atoms with van der Waals surface area (Å²) in [6.07, 6.45) is 0.996. The number of nitrogens with zero attached hydrogens (tertiary/aromatic N) is 1. The molecule has 1 atom stereocenters. The third-order valence-electron chi connectivity index (χ3n) is 1.96. The summed E-state index contributed by atoms with van der Waals surface area (Å²) in [6, 6.07) is 0. The first-order valence-electron chi connectivity index (χ1n) is 4.05. The van der Waals surface area contributed by atoms with Gasteiger partial charge in [0.25, 0.3) is 0 Å². The van der Waals surface area contributed by atoms with Gasteiger partial charge in [-0.3, -0.25) is 9.74 Å². The lowest BCUT2D eigenvalue weighted by molar-refractivity contribution is -0.0991. The summed E-state index contributed by atoms with van der Waals surface area (Å²) in [5.74, 6) is 5.13. The number of morpholine rings is 1. The maximum atomic E-state index is 5.20. The first kappa shape index (κ1) is 8.93. The summed E-state index contributed by atoms with van der Waals surface area (Å²) in [5.41, 5.74) is 0. The third-order valence-corrected chi connectivity index (χ3v) is 1.96. The maximum Gasteiger partial charge on any atom is 0.131 e. The van der Waals surface area contributed by atoms with Crippen LogP contribution in [0.5, 0.6) is 0 Å². The molecule has 0 amide bonds. The van der Waals surface area contributed by atoms with Crippen molar-refractivity contribution < 1.29 is 9.57 Å². The van der Waals surface area contributed by atoms with E-state index in [0.717, 1.165) is 32.7 Å². The molecule has 0 spiro atoms. The Morgan fingerprint density at radius 3 is 2.64 bits per heavy atom. The van der Waals surface area contributed by atoms with Crippen molar-refractivity contribution in [1.29, 1.82) is 0 Å². The van der Waals surface area contributed by atoms with Crippen molar-refractivity contribution in [3.63, 3.8) is 0 Å². The van der Waals surface area contributed by atoms with Gasteiger partial charge in [0.15, 0.2) is 0 Å². The molecule has 66 valence electrons. The second kappa shape index (κ2) is 4.66. The van der Waals surface area contributed by atoms with Crippen LogP contribution in [0.15, 0.2) is 0 Å². The zero-order chi connectivity index (χ0) is 8.10. The summed E-state index contributed by atoms with van der Waals surface area (Å²) in [4.78, 5) is 7.01. The summed E-state index contributed by atoms with van der Waals surface area (Å²) < 4.78 is 5.20. The molecule has 1 saturated heterocycles. The van der Waals surface area contributed by atoms with Gasteiger partial charge in [0.2, 0.25) is 0 Å². The van der Waals surface area contributed by atoms with E-state index in [9.17, 15) is 0 Å². The zero-order valence-electron chi connectivity index (χ0n) is 6.95. The minimum atomic E-state index is 0.0684. The molecule has 0 radical (unpaired) electrons. The monoisotopic (exact) mass is 160 g/mol. The van der Waals surface area contributed by atoms with Crippen molar-refractivity contribution in [3.05, 3.63) is 0 Å². The van der Waals surface area contributed by atoms with Crippen molar-refractivity contribution >= 4 is 0 Å². The number of ether oxygens (including phenoxy) is 1. The first-order valence-corrected chi connectivity index (χ1v) is 4.05. The quantitative estimate of drug-likeness (QED) is 0.588. The molecule has 2 N–H and O–H groups in total. The van der Waals surface area contributed by atoms with Gasteiger partial charge in [-0.2, -0.15) is 0 Å². The van der Waals surface area contributed by atoms with Crippen LogP contribution in [0.2, 0.25) is 0 Å². The van der Waals surface area contributed by atoms with E-state index >= 15 is 0 Å². The van der Waals surface area contributed by atoms with Crippen molar-refractivity contribution in [2.24, 2.45) is 5.90 Å². The lowest BCUT2D eigenvalue weighted by Crippen LogP contribution is -2.45. The van der Waals surface area contributed by atoms with Gasteiger partial charge in [-0.1, -0.05) is 6.92 Å². The van der Waals surface area contributed by atoms with Gasteiger partial charge in [-0.05, 0) is 6.42 Å². The fraction of sp³-hybridized carbons (Fsp3) is 1.00. The van der Waals surface area contributed by atoms with Crippen LogP contribution in [0.1, 0.15) is 13.3 Å². The smallest absolute Gasteiger partial charge is 0.131 e. The molecule has 1 aliphatic rings. The average molecular weight is 160 g/mol. The normalized spacial score (nSPS) is 23.5. The number of hydrogen-bond acceptors (Lipinski definition) is 4. The predicted octanol–water partition coefficient (Wildman–Crippen LogP) is -0.0550. The molecule has 1 rings (SSSR count). The van der Waals surface area contributed by atoms with E-state index in [2.05, 4.69) is 11.8 Å². The Balaban J connectivity index is 2.30. The Labute approximate surface area is 67.2 Å². The van der Waals surface area contributed by atoms with Crippen LogP contribution in [0.25, 0.3) is 0 Å². The minimum absolute atomic E-state index is 0.0684. The Bertz CT molecular complexity index is 101. The van der Waals surface area contributed by atoms with E-state index in [1.165, 1.54) is 0 Å². The number of rotatable bonds is 3. The largest absolute Gasteiger partial charge is 0.379 e. The van der Waals surface area contributed by atoms with Gasteiger partial charge in [0, 0.05) is 13.1 Å². The maximum absolute atomic E-state index is 5.20. The molecular weight excluding hydrogens is 144 g/mol. The fourth-order valence-electron chi connectivity index (χ4n) is 1.31. The van der Waals surface area contributed by atoms with Gasteiger partial charge in [-0.15, -0.1) is 0 Å². The molecule has 0 aromatic heterocycles. The Morgan fingerprint density at radius 2 is 2.18 bits per heavy atom. The van der Waals surface area contributed by atoms with Gasteiger partial charge >= 0.3 is 0 Å². The van der Waals surface area contributed by atoms with Crippen LogP contribution < -0.4 is 5.90 Å². The highest BCUT2D eigenvalue weighted by atomic mass is 16.6. The summed E-state index contributed by atoms with van der Waals surface area (Å²) in [6.45, 7) is 5.50. The molecule has 1 unspecified atom stereocenters. The highest BCUT2D eigenvalue weighted by molar-refractivity contribution is 4.64. The average Bonchev–Trinajstić information content (AvgIpc) is 2.09. The molecule has 0 aromatic carbocycles. The van der Waals surface area contributed by atoms with Crippen LogP contribution in [0.3, 0.4) is 0 Å². The molecule has 4 heteroatoms. The SMILES string of the molecule is CCC(ON)N1CCOCC1. The fourth-order valence-corrected chi connectivity index (χ4v) is 1.31. The molecular formula is C7H16N2O2. The summed E-state index contributed by atoms with van der Waals surface area (Å²) in [5, 5.41) is 0. The second-order valence-electron chi connectivity index (χ2n) is 2.65. The van der Waals surface area contributed by atoms with Crippen LogP contribution >= 0.6 is 0 Å². The van der Waals surface area contributed by atoms with Crippen LogP contribution in [0, 0.1) is 0 Å². The zero-order valence-corrected chi connectivity index (χ0v) is 6.95. The molecule has 0 aliphatic carbocycles. The highest BCUT2D eigenvalue weighted by Crippen LogP contribution is 2.06. The molecule has 11 heavy (non-hydrogen) atoms. The molecule has 1 heterocycles. The van der Waals surface area contributed by atoms with E-state index in [1.54, 1.807) is 0 Å². The molecule has 1 aliphatic heterocycles. The van der Waals surface area contributed by atoms with Gasteiger partial charge in [0.1, 0.15) is 6.23 Å². The topological polar surface area (TPSA) is 47.7 Å². The van der Waals surface area contributed by atoms with Gasteiger partial charge in [-0.25, -0.2) is 5.90 Å². The van der Waals surface area contributed by atoms with Crippen molar-refractivity contribution in [1.82, 2.24) is 4.90 Å². The predicted molar refractivity (Wildman–Crippen MR) is 41.7 cm³/mol. The highest BCUT2D eigenvalue weighted by Gasteiger charge is 2.18. The number of hydrogen-bond donors (Lipinski definition) is 1. The van der Waals surface area contributed by atoms with Gasteiger partial charge < -0.3 is 4.74 Å². The molecule has 0 saturated carbocycles. The van der Waals surface area contributed by atoms with Crippen molar-refractivity contribution in [2.45, 2.75) is 19.6 Å². The second-order valence-corrected chi connectivity index (χ2v) is 2.65. The lowest BCUT2D eigenvalue weighted by atomic mass is 10.3. The van der Waals surface area contributed by atoms with E-state index in [4.69, 9.17) is 15.5 Å². The number of nitrogens with two attached hydrogens (primary N) is 1. The molecule has 0 aromatic rings. The van der Waals surface area contributed by atoms with Crippen molar-refractivity contribution in [2.75, 3.05) is 26.3 Å². The standard InChI is InChI=1S/C7H16N2O2/c1-2-7(11-8)9-3-5-10-6-4-9/h7H,2-6,8H2,1H3. The third kappa shape index (κ3) is 2.41. The Kier molecular flexibility index (Phi) is 3.79. The Morgan fingerprint density at radius 1 is 1.55 bits per heavy atom.